The van der Waals surface area contributed by atoms with E-state index in [4.69, 9.17) is 4.98 Å². The second-order valence-electron chi connectivity index (χ2n) is 6.92. The van der Waals surface area contributed by atoms with Gasteiger partial charge >= 0.3 is 0 Å². The van der Waals surface area contributed by atoms with E-state index in [1.807, 2.05) is 18.3 Å². The molecule has 3 nitrogen and oxygen atoms in total. The van der Waals surface area contributed by atoms with Crippen LogP contribution in [0.3, 0.4) is 0 Å². The smallest absolute Gasteiger partial charge is 0.115 e. The number of nitrogens with zero attached hydrogens (tertiary/aromatic N) is 1. The molecule has 0 aliphatic heterocycles. The number of benzene rings is 2. The number of rotatable bonds is 1. The van der Waals surface area contributed by atoms with Crippen molar-refractivity contribution < 1.29 is 5.11 Å². The summed E-state index contributed by atoms with van der Waals surface area (Å²) in [6, 6.07) is 13.9. The summed E-state index contributed by atoms with van der Waals surface area (Å²) < 4.78 is 0. The van der Waals surface area contributed by atoms with Gasteiger partial charge in [0.1, 0.15) is 5.75 Å². The predicted octanol–water partition coefficient (Wildman–Crippen LogP) is 5.36. The van der Waals surface area contributed by atoms with Gasteiger partial charge in [0.2, 0.25) is 0 Å². The fourth-order valence-electron chi connectivity index (χ4n) is 4.20. The lowest BCUT2D eigenvalue weighted by Crippen LogP contribution is -2.01. The van der Waals surface area contributed by atoms with Crippen molar-refractivity contribution in [2.75, 3.05) is 0 Å². The molecule has 2 aromatic heterocycles. The van der Waals surface area contributed by atoms with Crippen LogP contribution in [0.5, 0.6) is 5.75 Å². The maximum atomic E-state index is 9.63. The SMILES string of the molecule is Oc1ccc(-c2nc3ccc4[nH]ccc4c3c3c2CCCCC3)cc1. The molecule has 2 aromatic carbocycles. The molecule has 4 aromatic rings. The van der Waals surface area contributed by atoms with Crippen molar-refractivity contribution in [2.24, 2.45) is 0 Å². The van der Waals surface area contributed by atoms with E-state index in [2.05, 4.69) is 23.2 Å². The van der Waals surface area contributed by atoms with Crippen LogP contribution in [0.1, 0.15) is 30.4 Å². The zero-order valence-corrected chi connectivity index (χ0v) is 14.0. The molecule has 0 saturated carbocycles. The van der Waals surface area contributed by atoms with Gasteiger partial charge in [-0.1, -0.05) is 6.42 Å². The first-order valence-electron chi connectivity index (χ1n) is 9.02. The van der Waals surface area contributed by atoms with Crippen LogP contribution in [-0.4, -0.2) is 15.1 Å². The lowest BCUT2D eigenvalue weighted by Gasteiger charge is -2.16. The van der Waals surface area contributed by atoms with Crippen LogP contribution in [0.2, 0.25) is 0 Å². The van der Waals surface area contributed by atoms with Gasteiger partial charge in [0.05, 0.1) is 11.2 Å². The summed E-state index contributed by atoms with van der Waals surface area (Å²) in [4.78, 5) is 8.40. The highest BCUT2D eigenvalue weighted by molar-refractivity contribution is 6.08. The van der Waals surface area contributed by atoms with Gasteiger partial charge in [0.15, 0.2) is 0 Å². The van der Waals surface area contributed by atoms with E-state index in [1.54, 1.807) is 12.1 Å². The van der Waals surface area contributed by atoms with E-state index in [9.17, 15) is 5.11 Å². The van der Waals surface area contributed by atoms with Crippen molar-refractivity contribution in [2.45, 2.75) is 32.1 Å². The van der Waals surface area contributed by atoms with Gasteiger partial charge in [-0.05, 0) is 79.3 Å². The Morgan fingerprint density at radius 3 is 2.48 bits per heavy atom. The number of aromatic amines is 1. The Labute approximate surface area is 146 Å². The minimum Gasteiger partial charge on any atom is -0.508 e. The molecule has 0 unspecified atom stereocenters. The summed E-state index contributed by atoms with van der Waals surface area (Å²) in [5.41, 5.74) is 7.28. The zero-order chi connectivity index (χ0) is 16.8. The summed E-state index contributed by atoms with van der Waals surface area (Å²) >= 11 is 0. The van der Waals surface area contributed by atoms with E-state index < -0.39 is 0 Å². The fraction of sp³-hybridized carbons (Fsp3) is 0.227. The highest BCUT2D eigenvalue weighted by Gasteiger charge is 2.20. The number of hydrogen-bond donors (Lipinski definition) is 2. The number of aromatic nitrogens is 2. The monoisotopic (exact) mass is 328 g/mol. The number of aromatic hydroxyl groups is 1. The topological polar surface area (TPSA) is 48.9 Å². The number of nitrogens with one attached hydrogen (secondary N) is 1. The molecule has 0 bridgehead atoms. The molecule has 1 aliphatic rings. The molecule has 5 rings (SSSR count). The largest absolute Gasteiger partial charge is 0.508 e. The molecule has 124 valence electrons. The average Bonchev–Trinajstić information content (AvgIpc) is 2.98. The second-order valence-corrected chi connectivity index (χ2v) is 6.92. The van der Waals surface area contributed by atoms with Gasteiger partial charge in [-0.3, -0.25) is 0 Å². The number of aryl methyl sites for hydroxylation is 1. The maximum Gasteiger partial charge on any atom is 0.115 e. The Morgan fingerprint density at radius 2 is 1.64 bits per heavy atom. The molecule has 0 amide bonds. The maximum absolute atomic E-state index is 9.63. The molecule has 3 heteroatoms. The van der Waals surface area contributed by atoms with Gasteiger partial charge in [0.25, 0.3) is 0 Å². The van der Waals surface area contributed by atoms with Crippen LogP contribution in [-0.2, 0) is 12.8 Å². The first-order valence-corrected chi connectivity index (χ1v) is 9.02. The Kier molecular flexibility index (Phi) is 3.27. The Balaban J connectivity index is 1.88. The van der Waals surface area contributed by atoms with E-state index >= 15 is 0 Å². The Hall–Kier alpha value is -2.81. The number of phenols is 1. The summed E-state index contributed by atoms with van der Waals surface area (Å²) in [7, 11) is 0. The first-order chi connectivity index (χ1) is 12.3. The van der Waals surface area contributed by atoms with E-state index in [1.165, 1.54) is 46.7 Å². The van der Waals surface area contributed by atoms with Crippen LogP contribution < -0.4 is 0 Å². The number of phenolic OH excluding ortho intramolecular Hbond substituents is 1. The van der Waals surface area contributed by atoms with Crippen LogP contribution in [0.15, 0.2) is 48.7 Å². The highest BCUT2D eigenvalue weighted by atomic mass is 16.3. The van der Waals surface area contributed by atoms with Gasteiger partial charge in [-0.25, -0.2) is 4.98 Å². The first kappa shape index (κ1) is 14.5. The Morgan fingerprint density at radius 1 is 0.840 bits per heavy atom. The molecule has 0 atom stereocenters. The van der Waals surface area contributed by atoms with Crippen molar-refractivity contribution in [3.8, 4) is 17.0 Å². The molecule has 2 N–H and O–H groups in total. The van der Waals surface area contributed by atoms with E-state index in [0.29, 0.717) is 5.75 Å². The molecule has 0 radical (unpaired) electrons. The lowest BCUT2D eigenvalue weighted by atomic mass is 9.92. The van der Waals surface area contributed by atoms with E-state index in [-0.39, 0.29) is 0 Å². The van der Waals surface area contributed by atoms with Gasteiger partial charge in [0, 0.05) is 28.0 Å². The molecular weight excluding hydrogens is 308 g/mol. The number of fused-ring (bicyclic) bond motifs is 5. The summed E-state index contributed by atoms with van der Waals surface area (Å²) in [5.74, 6) is 0.296. The summed E-state index contributed by atoms with van der Waals surface area (Å²) in [6.45, 7) is 0. The van der Waals surface area contributed by atoms with E-state index in [0.717, 1.165) is 29.6 Å². The van der Waals surface area contributed by atoms with Crippen molar-refractivity contribution in [1.82, 2.24) is 9.97 Å². The number of H-pyrrole nitrogens is 1. The van der Waals surface area contributed by atoms with Crippen molar-refractivity contribution >= 4 is 21.8 Å². The number of hydrogen-bond acceptors (Lipinski definition) is 2. The molecule has 1 aliphatic carbocycles. The van der Waals surface area contributed by atoms with Crippen LogP contribution in [0.25, 0.3) is 33.1 Å². The predicted molar refractivity (Wildman–Crippen MR) is 102 cm³/mol. The number of pyridine rings is 1. The normalized spacial score (nSPS) is 14.6. The third-order valence-corrected chi connectivity index (χ3v) is 5.39. The third kappa shape index (κ3) is 2.30. The fourth-order valence-corrected chi connectivity index (χ4v) is 4.20. The highest BCUT2D eigenvalue weighted by Crippen LogP contribution is 2.37. The molecule has 25 heavy (non-hydrogen) atoms. The minimum atomic E-state index is 0.296. The molecule has 0 fully saturated rings. The van der Waals surface area contributed by atoms with Crippen LogP contribution >= 0.6 is 0 Å². The molecular formula is C22H20N2O. The van der Waals surface area contributed by atoms with Crippen molar-refractivity contribution in [1.29, 1.82) is 0 Å². The van der Waals surface area contributed by atoms with Gasteiger partial charge < -0.3 is 10.1 Å². The molecule has 0 spiro atoms. The summed E-state index contributed by atoms with van der Waals surface area (Å²) in [5, 5.41) is 12.2. The van der Waals surface area contributed by atoms with Crippen molar-refractivity contribution in [3.05, 3.63) is 59.8 Å². The molecule has 2 heterocycles. The quantitative estimate of drug-likeness (QED) is 0.462. The zero-order valence-electron chi connectivity index (χ0n) is 14.0. The summed E-state index contributed by atoms with van der Waals surface area (Å²) in [6.07, 6.45) is 7.94. The average molecular weight is 328 g/mol. The third-order valence-electron chi connectivity index (χ3n) is 5.39. The van der Waals surface area contributed by atoms with Gasteiger partial charge in [-0.15, -0.1) is 0 Å². The Bertz CT molecular complexity index is 1080. The van der Waals surface area contributed by atoms with Crippen LogP contribution in [0, 0.1) is 0 Å². The lowest BCUT2D eigenvalue weighted by molar-refractivity contribution is 0.475. The standard InChI is InChI=1S/C22H20N2O/c25-15-8-6-14(7-9-15)22-17-5-3-1-2-4-16(17)21-18-12-13-23-19(18)10-11-20(21)24-22/h6-13,23,25H,1-5H2. The molecule has 0 saturated heterocycles. The van der Waals surface area contributed by atoms with Crippen molar-refractivity contribution in [3.63, 3.8) is 0 Å². The van der Waals surface area contributed by atoms with Gasteiger partial charge in [-0.2, -0.15) is 0 Å². The minimum absolute atomic E-state index is 0.296. The van der Waals surface area contributed by atoms with Crippen LogP contribution in [0.4, 0.5) is 0 Å². The second kappa shape index (κ2) is 5.62.